The molecule has 0 unspecified atom stereocenters. The van der Waals surface area contributed by atoms with Gasteiger partial charge < -0.3 is 10.2 Å². The number of nitrogens with zero attached hydrogens (tertiary/aromatic N) is 3. The summed E-state index contributed by atoms with van der Waals surface area (Å²) < 4.78 is 0. The molecule has 0 spiro atoms. The third-order valence-corrected chi connectivity index (χ3v) is 4.22. The first-order valence-corrected chi connectivity index (χ1v) is 8.68. The summed E-state index contributed by atoms with van der Waals surface area (Å²) >= 11 is 0. The van der Waals surface area contributed by atoms with Gasteiger partial charge in [0, 0.05) is 31.6 Å². The first-order chi connectivity index (χ1) is 10.3. The van der Waals surface area contributed by atoms with E-state index in [1.165, 1.54) is 38.6 Å². The second kappa shape index (κ2) is 6.63. The zero-order valence-electron chi connectivity index (χ0n) is 13.4. The number of aromatic nitrogens is 2. The van der Waals surface area contributed by atoms with Gasteiger partial charge in [-0.1, -0.05) is 13.8 Å². The van der Waals surface area contributed by atoms with Crippen LogP contribution in [0.3, 0.4) is 0 Å². The van der Waals surface area contributed by atoms with Gasteiger partial charge in [-0.3, -0.25) is 0 Å². The van der Waals surface area contributed by atoms with E-state index in [0.717, 1.165) is 42.9 Å². The molecule has 0 aromatic carbocycles. The summed E-state index contributed by atoms with van der Waals surface area (Å²) in [5.74, 6) is 4.71. The number of hydrogen-bond acceptors (Lipinski definition) is 4. The molecule has 0 amide bonds. The van der Waals surface area contributed by atoms with E-state index in [0.29, 0.717) is 5.92 Å². The molecule has 2 fully saturated rings. The van der Waals surface area contributed by atoms with Crippen molar-refractivity contribution in [2.75, 3.05) is 29.9 Å². The third kappa shape index (κ3) is 4.08. The van der Waals surface area contributed by atoms with Gasteiger partial charge in [-0.15, -0.1) is 0 Å². The summed E-state index contributed by atoms with van der Waals surface area (Å²) in [4.78, 5) is 12.1. The van der Waals surface area contributed by atoms with Crippen molar-refractivity contribution in [3.63, 3.8) is 0 Å². The molecule has 0 bridgehead atoms. The van der Waals surface area contributed by atoms with Gasteiger partial charge in [-0.25, -0.2) is 9.97 Å². The molecule has 3 rings (SSSR count). The normalized spacial score (nSPS) is 17.8. The van der Waals surface area contributed by atoms with E-state index < -0.39 is 0 Å². The third-order valence-electron chi connectivity index (χ3n) is 4.22. The van der Waals surface area contributed by atoms with Crippen LogP contribution in [0.25, 0.3) is 0 Å². The highest BCUT2D eigenvalue weighted by atomic mass is 15.2. The monoisotopic (exact) mass is 288 g/mol. The van der Waals surface area contributed by atoms with Gasteiger partial charge in [0.25, 0.3) is 0 Å². The fraction of sp³-hybridized carbons (Fsp3) is 0.765. The Bertz CT molecular complexity index is 466. The maximum absolute atomic E-state index is 4.88. The Balaban J connectivity index is 1.80. The molecule has 1 aromatic heterocycles. The molecule has 2 saturated carbocycles. The van der Waals surface area contributed by atoms with Crippen molar-refractivity contribution >= 4 is 11.6 Å². The smallest absolute Gasteiger partial charge is 0.136 e. The average molecular weight is 288 g/mol. The van der Waals surface area contributed by atoms with Gasteiger partial charge in [0.1, 0.15) is 17.5 Å². The SMILES string of the molecule is CCCNc1cc(N(CCC)CC2CC2)nc(C2CC2)n1. The van der Waals surface area contributed by atoms with Crippen LogP contribution in [-0.2, 0) is 0 Å². The van der Waals surface area contributed by atoms with Crippen LogP contribution in [0.15, 0.2) is 6.07 Å². The van der Waals surface area contributed by atoms with E-state index in [-0.39, 0.29) is 0 Å². The molecular formula is C17H28N4. The van der Waals surface area contributed by atoms with E-state index >= 15 is 0 Å². The van der Waals surface area contributed by atoms with Gasteiger partial charge in [0.05, 0.1) is 0 Å². The lowest BCUT2D eigenvalue weighted by molar-refractivity contribution is 0.694. The molecule has 4 heteroatoms. The van der Waals surface area contributed by atoms with Crippen LogP contribution in [0.5, 0.6) is 0 Å². The molecule has 0 radical (unpaired) electrons. The maximum Gasteiger partial charge on any atom is 0.136 e. The molecule has 2 aliphatic rings. The highest BCUT2D eigenvalue weighted by molar-refractivity contribution is 5.50. The van der Waals surface area contributed by atoms with E-state index in [1.807, 2.05) is 0 Å². The average Bonchev–Trinajstić information content (AvgIpc) is 3.37. The van der Waals surface area contributed by atoms with Gasteiger partial charge in [-0.2, -0.15) is 0 Å². The lowest BCUT2D eigenvalue weighted by atomic mass is 10.3. The fourth-order valence-corrected chi connectivity index (χ4v) is 2.66. The molecule has 21 heavy (non-hydrogen) atoms. The minimum Gasteiger partial charge on any atom is -0.370 e. The number of rotatable bonds is 9. The lowest BCUT2D eigenvalue weighted by Gasteiger charge is -2.24. The van der Waals surface area contributed by atoms with Gasteiger partial charge >= 0.3 is 0 Å². The molecule has 0 atom stereocenters. The minimum absolute atomic E-state index is 0.608. The minimum atomic E-state index is 0.608. The van der Waals surface area contributed by atoms with Crippen molar-refractivity contribution in [3.8, 4) is 0 Å². The second-order valence-corrected chi connectivity index (χ2v) is 6.56. The van der Waals surface area contributed by atoms with Gasteiger partial charge in [0.15, 0.2) is 0 Å². The molecule has 0 aliphatic heterocycles. The molecule has 1 aromatic rings. The van der Waals surface area contributed by atoms with Crippen molar-refractivity contribution in [2.24, 2.45) is 5.92 Å². The van der Waals surface area contributed by atoms with Gasteiger partial charge in [0.2, 0.25) is 0 Å². The molecule has 1 heterocycles. The molecule has 4 nitrogen and oxygen atoms in total. The van der Waals surface area contributed by atoms with Crippen LogP contribution >= 0.6 is 0 Å². The molecule has 1 N–H and O–H groups in total. The topological polar surface area (TPSA) is 41.0 Å². The summed E-state index contributed by atoms with van der Waals surface area (Å²) in [6.07, 6.45) is 7.59. The van der Waals surface area contributed by atoms with E-state index in [9.17, 15) is 0 Å². The van der Waals surface area contributed by atoms with Crippen molar-refractivity contribution in [2.45, 2.75) is 58.3 Å². The van der Waals surface area contributed by atoms with Gasteiger partial charge in [-0.05, 0) is 44.4 Å². The highest BCUT2D eigenvalue weighted by Crippen LogP contribution is 2.39. The number of nitrogens with one attached hydrogen (secondary N) is 1. The largest absolute Gasteiger partial charge is 0.370 e. The van der Waals surface area contributed by atoms with E-state index in [2.05, 4.69) is 30.1 Å². The Hall–Kier alpha value is -1.32. The van der Waals surface area contributed by atoms with Crippen LogP contribution in [0.2, 0.25) is 0 Å². The predicted molar refractivity (Wildman–Crippen MR) is 88.0 cm³/mol. The fourth-order valence-electron chi connectivity index (χ4n) is 2.66. The van der Waals surface area contributed by atoms with Crippen molar-refractivity contribution < 1.29 is 0 Å². The second-order valence-electron chi connectivity index (χ2n) is 6.56. The molecule has 2 aliphatic carbocycles. The Labute approximate surface area is 128 Å². The quantitative estimate of drug-likeness (QED) is 0.750. The van der Waals surface area contributed by atoms with Crippen molar-refractivity contribution in [3.05, 3.63) is 11.9 Å². The summed E-state index contributed by atoms with van der Waals surface area (Å²) in [6, 6.07) is 2.15. The first-order valence-electron chi connectivity index (χ1n) is 8.68. The summed E-state index contributed by atoms with van der Waals surface area (Å²) in [7, 11) is 0. The molecule has 116 valence electrons. The Morgan fingerprint density at radius 3 is 2.57 bits per heavy atom. The first kappa shape index (κ1) is 14.6. The Kier molecular flexibility index (Phi) is 4.61. The Morgan fingerprint density at radius 1 is 1.14 bits per heavy atom. The zero-order valence-corrected chi connectivity index (χ0v) is 13.4. The van der Waals surface area contributed by atoms with Crippen LogP contribution in [0, 0.1) is 5.92 Å². The maximum atomic E-state index is 4.88. The van der Waals surface area contributed by atoms with Crippen LogP contribution in [0.4, 0.5) is 11.6 Å². The summed E-state index contributed by atoms with van der Waals surface area (Å²) in [5.41, 5.74) is 0. The highest BCUT2D eigenvalue weighted by Gasteiger charge is 2.29. The zero-order chi connectivity index (χ0) is 14.7. The lowest BCUT2D eigenvalue weighted by Crippen LogP contribution is -2.28. The standard InChI is InChI=1S/C17H28N4/c1-3-9-18-15-11-16(20-17(19-15)14-7-8-14)21(10-4-2)12-13-5-6-13/h11,13-14H,3-10,12H2,1-2H3,(H,18,19,20). The van der Waals surface area contributed by atoms with Crippen molar-refractivity contribution in [1.29, 1.82) is 0 Å². The van der Waals surface area contributed by atoms with E-state index in [1.54, 1.807) is 0 Å². The summed E-state index contributed by atoms with van der Waals surface area (Å²) in [5, 5.41) is 3.45. The molecule has 0 saturated heterocycles. The van der Waals surface area contributed by atoms with E-state index in [4.69, 9.17) is 9.97 Å². The number of anilines is 2. The van der Waals surface area contributed by atoms with Crippen LogP contribution < -0.4 is 10.2 Å². The predicted octanol–water partition coefficient (Wildman–Crippen LogP) is 3.80. The summed E-state index contributed by atoms with van der Waals surface area (Å²) in [6.45, 7) is 7.69. The Morgan fingerprint density at radius 2 is 1.95 bits per heavy atom. The number of hydrogen-bond donors (Lipinski definition) is 1. The molecular weight excluding hydrogens is 260 g/mol. The van der Waals surface area contributed by atoms with Crippen LogP contribution in [0.1, 0.15) is 64.1 Å². The van der Waals surface area contributed by atoms with Crippen molar-refractivity contribution in [1.82, 2.24) is 9.97 Å². The van der Waals surface area contributed by atoms with Crippen LogP contribution in [-0.4, -0.2) is 29.6 Å².